The molecule has 18 heavy (non-hydrogen) atoms. The second-order valence-electron chi connectivity index (χ2n) is 3.98. The van der Waals surface area contributed by atoms with Crippen LogP contribution in [0.25, 0.3) is 0 Å². The fraction of sp³-hybridized carbons (Fsp3) is 0.214. The van der Waals surface area contributed by atoms with Crippen LogP contribution in [0.2, 0.25) is 0 Å². The summed E-state index contributed by atoms with van der Waals surface area (Å²) < 4.78 is 4.89. The van der Waals surface area contributed by atoms with Crippen LogP contribution in [0.4, 0.5) is 0 Å². The lowest BCUT2D eigenvalue weighted by molar-refractivity contribution is 0.0939. The highest BCUT2D eigenvalue weighted by Gasteiger charge is 2.12. The molecule has 0 spiro atoms. The molecule has 1 amide bonds. The lowest BCUT2D eigenvalue weighted by Crippen LogP contribution is -2.26. The van der Waals surface area contributed by atoms with E-state index in [9.17, 15) is 4.79 Å². The first-order chi connectivity index (χ1) is 8.70. The molecule has 0 saturated heterocycles. The minimum absolute atomic E-state index is 0.0247. The first kappa shape index (κ1) is 12.8. The van der Waals surface area contributed by atoms with Crippen molar-refractivity contribution in [2.75, 3.05) is 6.26 Å². The average molecular weight is 261 g/mol. The van der Waals surface area contributed by atoms with Crippen LogP contribution in [0.1, 0.15) is 28.9 Å². The van der Waals surface area contributed by atoms with E-state index in [0.717, 1.165) is 5.56 Å². The smallest absolute Gasteiger partial charge is 0.255 e. The number of carbonyl (C=O) groups excluding carboxylic acids is 1. The Morgan fingerprint density at radius 1 is 1.28 bits per heavy atom. The molecular formula is C14H15NO2S. The van der Waals surface area contributed by atoms with E-state index in [2.05, 4.69) is 17.4 Å². The summed E-state index contributed by atoms with van der Waals surface area (Å²) in [6.45, 7) is 1.96. The Kier molecular flexibility index (Phi) is 4.10. The largest absolute Gasteiger partial charge is 0.472 e. The number of amides is 1. The minimum atomic E-state index is -0.120. The van der Waals surface area contributed by atoms with Crippen molar-refractivity contribution < 1.29 is 9.21 Å². The summed E-state index contributed by atoms with van der Waals surface area (Å²) >= 11 is 1.70. The molecule has 1 aromatic heterocycles. The summed E-state index contributed by atoms with van der Waals surface area (Å²) in [6, 6.07) is 9.81. The molecule has 2 aromatic rings. The second-order valence-corrected chi connectivity index (χ2v) is 4.86. The molecule has 1 N–H and O–H groups in total. The Hall–Kier alpha value is -1.68. The van der Waals surface area contributed by atoms with E-state index in [1.807, 2.05) is 25.3 Å². The van der Waals surface area contributed by atoms with E-state index >= 15 is 0 Å². The summed E-state index contributed by atoms with van der Waals surface area (Å²) in [7, 11) is 0. The number of hydrogen-bond donors (Lipinski definition) is 1. The van der Waals surface area contributed by atoms with Crippen molar-refractivity contribution in [2.45, 2.75) is 17.9 Å². The maximum Gasteiger partial charge on any atom is 0.255 e. The number of benzene rings is 1. The molecule has 1 aromatic carbocycles. The van der Waals surface area contributed by atoms with Crippen molar-refractivity contribution in [2.24, 2.45) is 0 Å². The van der Waals surface area contributed by atoms with E-state index in [4.69, 9.17) is 4.42 Å². The molecule has 0 bridgehead atoms. The maximum atomic E-state index is 11.8. The topological polar surface area (TPSA) is 42.2 Å². The minimum Gasteiger partial charge on any atom is -0.472 e. The van der Waals surface area contributed by atoms with E-state index in [-0.39, 0.29) is 11.9 Å². The van der Waals surface area contributed by atoms with Gasteiger partial charge in [0.2, 0.25) is 0 Å². The van der Waals surface area contributed by atoms with Crippen molar-refractivity contribution in [1.29, 1.82) is 0 Å². The summed E-state index contributed by atoms with van der Waals surface area (Å²) in [5, 5.41) is 2.93. The molecule has 0 aliphatic heterocycles. The third kappa shape index (κ3) is 2.96. The third-order valence-corrected chi connectivity index (χ3v) is 3.49. The van der Waals surface area contributed by atoms with Crippen molar-refractivity contribution in [3.63, 3.8) is 0 Å². The number of carbonyl (C=O) groups is 1. The van der Waals surface area contributed by atoms with Crippen LogP contribution in [0.15, 0.2) is 52.2 Å². The Labute approximate surface area is 111 Å². The van der Waals surface area contributed by atoms with Crippen molar-refractivity contribution in [1.82, 2.24) is 5.32 Å². The van der Waals surface area contributed by atoms with Gasteiger partial charge in [-0.3, -0.25) is 4.79 Å². The first-order valence-corrected chi connectivity index (χ1v) is 6.90. The van der Waals surface area contributed by atoms with E-state index < -0.39 is 0 Å². The maximum absolute atomic E-state index is 11.8. The quantitative estimate of drug-likeness (QED) is 0.857. The van der Waals surface area contributed by atoms with Crippen LogP contribution in [0, 0.1) is 0 Å². The molecule has 1 unspecified atom stereocenters. The fourth-order valence-corrected chi connectivity index (χ4v) is 2.06. The fourth-order valence-electron chi connectivity index (χ4n) is 1.65. The Morgan fingerprint density at radius 3 is 2.56 bits per heavy atom. The molecule has 0 saturated carbocycles. The molecule has 2 rings (SSSR count). The van der Waals surface area contributed by atoms with Crippen LogP contribution in [-0.4, -0.2) is 12.2 Å². The molecule has 0 fully saturated rings. The third-order valence-electron chi connectivity index (χ3n) is 2.75. The molecule has 1 heterocycles. The molecule has 3 nitrogen and oxygen atoms in total. The second kappa shape index (κ2) is 5.78. The van der Waals surface area contributed by atoms with Gasteiger partial charge in [-0.2, -0.15) is 0 Å². The van der Waals surface area contributed by atoms with Crippen LogP contribution in [0.5, 0.6) is 0 Å². The van der Waals surface area contributed by atoms with Crippen LogP contribution < -0.4 is 5.32 Å². The van der Waals surface area contributed by atoms with E-state index in [0.29, 0.717) is 5.56 Å². The van der Waals surface area contributed by atoms with Crippen molar-refractivity contribution in [3.05, 3.63) is 54.0 Å². The monoisotopic (exact) mass is 261 g/mol. The number of furan rings is 1. The number of hydrogen-bond acceptors (Lipinski definition) is 3. The number of thioether (sulfide) groups is 1. The Balaban J connectivity index is 2.02. The predicted octanol–water partition coefficient (Wildman–Crippen LogP) is 3.49. The van der Waals surface area contributed by atoms with Crippen LogP contribution >= 0.6 is 11.8 Å². The van der Waals surface area contributed by atoms with Gasteiger partial charge in [0.15, 0.2) is 0 Å². The standard InChI is InChI=1S/C14H15NO2S/c1-10(11-3-5-13(18-2)6-4-11)15-14(16)12-7-8-17-9-12/h3-10H,1-2H3,(H,15,16). The molecule has 0 aliphatic rings. The van der Waals surface area contributed by atoms with Gasteiger partial charge in [-0.05, 0) is 36.9 Å². The molecular weight excluding hydrogens is 246 g/mol. The van der Waals surface area contributed by atoms with Gasteiger partial charge in [-0.15, -0.1) is 11.8 Å². The van der Waals surface area contributed by atoms with Crippen LogP contribution in [-0.2, 0) is 0 Å². The SMILES string of the molecule is CSc1ccc(C(C)NC(=O)c2ccoc2)cc1. The molecule has 94 valence electrons. The first-order valence-electron chi connectivity index (χ1n) is 5.67. The highest BCUT2D eigenvalue weighted by Crippen LogP contribution is 2.19. The highest BCUT2D eigenvalue weighted by molar-refractivity contribution is 7.98. The highest BCUT2D eigenvalue weighted by atomic mass is 32.2. The van der Waals surface area contributed by atoms with Gasteiger partial charge in [0, 0.05) is 4.90 Å². The zero-order valence-electron chi connectivity index (χ0n) is 10.3. The molecule has 0 aliphatic carbocycles. The predicted molar refractivity (Wildman–Crippen MR) is 72.8 cm³/mol. The van der Waals surface area contributed by atoms with Gasteiger partial charge in [-0.25, -0.2) is 0 Å². The van der Waals surface area contributed by atoms with Gasteiger partial charge in [0.25, 0.3) is 5.91 Å². The lowest BCUT2D eigenvalue weighted by atomic mass is 10.1. The molecule has 4 heteroatoms. The van der Waals surface area contributed by atoms with Gasteiger partial charge in [-0.1, -0.05) is 12.1 Å². The van der Waals surface area contributed by atoms with Gasteiger partial charge in [0.05, 0.1) is 17.9 Å². The normalized spacial score (nSPS) is 12.1. The zero-order valence-corrected chi connectivity index (χ0v) is 11.2. The van der Waals surface area contributed by atoms with Gasteiger partial charge >= 0.3 is 0 Å². The van der Waals surface area contributed by atoms with Gasteiger partial charge in [0.1, 0.15) is 6.26 Å². The molecule has 1 atom stereocenters. The van der Waals surface area contributed by atoms with E-state index in [1.54, 1.807) is 17.8 Å². The Bertz CT molecular complexity index is 505. The van der Waals surface area contributed by atoms with E-state index in [1.165, 1.54) is 17.4 Å². The van der Waals surface area contributed by atoms with Gasteiger partial charge < -0.3 is 9.73 Å². The molecule has 0 radical (unpaired) electrons. The van der Waals surface area contributed by atoms with Crippen molar-refractivity contribution >= 4 is 17.7 Å². The summed E-state index contributed by atoms with van der Waals surface area (Å²) in [4.78, 5) is 13.1. The Morgan fingerprint density at radius 2 is 2.00 bits per heavy atom. The zero-order chi connectivity index (χ0) is 13.0. The summed E-state index contributed by atoms with van der Waals surface area (Å²) in [6.07, 6.45) is 4.98. The number of rotatable bonds is 4. The van der Waals surface area contributed by atoms with Crippen LogP contribution in [0.3, 0.4) is 0 Å². The van der Waals surface area contributed by atoms with Crippen molar-refractivity contribution in [3.8, 4) is 0 Å². The summed E-state index contributed by atoms with van der Waals surface area (Å²) in [5.41, 5.74) is 1.63. The number of nitrogens with one attached hydrogen (secondary N) is 1. The lowest BCUT2D eigenvalue weighted by Gasteiger charge is -2.14. The summed E-state index contributed by atoms with van der Waals surface area (Å²) in [5.74, 6) is -0.120. The average Bonchev–Trinajstić information content (AvgIpc) is 2.92.